The summed E-state index contributed by atoms with van der Waals surface area (Å²) in [5.41, 5.74) is 3.58. The molecule has 3 aromatic carbocycles. The molecule has 0 radical (unpaired) electrons. The number of ether oxygens (including phenoxy) is 1. The Hall–Kier alpha value is -6.03. The van der Waals surface area contributed by atoms with Gasteiger partial charge in [0, 0.05) is 87.4 Å². The van der Waals surface area contributed by atoms with Crippen LogP contribution in [0.1, 0.15) is 65.7 Å². The van der Waals surface area contributed by atoms with E-state index in [1.165, 1.54) is 6.20 Å². The molecule has 0 saturated carbocycles. The number of hydrogen-bond acceptors (Lipinski definition) is 14. The average molecular weight is 925 g/mol. The van der Waals surface area contributed by atoms with E-state index in [9.17, 15) is 28.5 Å². The number of carbonyl (C=O) groups excluding carboxylic acids is 5. The van der Waals surface area contributed by atoms with Crippen molar-refractivity contribution in [2.24, 2.45) is 0 Å². The molecule has 65 heavy (non-hydrogen) atoms. The summed E-state index contributed by atoms with van der Waals surface area (Å²) in [6, 6.07) is 17.8. The van der Waals surface area contributed by atoms with Crippen molar-refractivity contribution in [1.82, 2.24) is 30.0 Å². The molecule has 1 unspecified atom stereocenters. The maximum atomic E-state index is 13.2. The number of para-hydroxylation sites is 1. The van der Waals surface area contributed by atoms with Crippen LogP contribution < -0.4 is 36.2 Å². The SMILES string of the molecule is COc1cc(N2CCC(N3CCN(C(=O)CCCCNc4ccc5c(c4)C(=O)N(C4CCC(=O)NC4=O)C5=O)CC3)CC2)ccc1Nc1ncc(Cl)c(Nc2ccccc2P(C)(C)=O)n1. The molecule has 4 aromatic rings. The summed E-state index contributed by atoms with van der Waals surface area (Å²) < 4.78 is 18.7. The summed E-state index contributed by atoms with van der Waals surface area (Å²) >= 11 is 6.48. The van der Waals surface area contributed by atoms with E-state index >= 15 is 0 Å². The van der Waals surface area contributed by atoms with Crippen molar-refractivity contribution < 1.29 is 33.3 Å². The molecule has 8 rings (SSSR count). The van der Waals surface area contributed by atoms with E-state index in [0.29, 0.717) is 83.4 Å². The Labute approximate surface area is 383 Å². The number of imide groups is 2. The standard InChI is InChI=1S/C46H54ClN10O7P/c1-64-38-27-31(12-14-35(38)51-46-49-28-34(47)42(53-46)50-36-8-4-5-9-39(36)65(2,3)63)54-20-17-30(18-21-54)55-22-24-56(25-23-55)41(59)10-6-7-19-48-29-11-13-32-33(26-29)45(62)57(44(32)61)37-15-16-40(58)52-43(37)60/h4-5,8-9,11-14,26-28,30,37,48H,6-7,10,15-25H2,1-3H3,(H,52,58,60)(H2,49,50,51,53). The zero-order valence-corrected chi connectivity index (χ0v) is 38.4. The lowest BCUT2D eigenvalue weighted by Gasteiger charge is -2.43. The molecule has 0 bridgehead atoms. The Kier molecular flexibility index (Phi) is 13.7. The first-order valence-electron chi connectivity index (χ1n) is 22.0. The van der Waals surface area contributed by atoms with Crippen molar-refractivity contribution in [1.29, 1.82) is 0 Å². The fourth-order valence-electron chi connectivity index (χ4n) is 8.99. The van der Waals surface area contributed by atoms with E-state index in [2.05, 4.69) is 47.1 Å². The summed E-state index contributed by atoms with van der Waals surface area (Å²) in [6.45, 7) is 8.95. The molecular formula is C46H54ClN10O7P. The highest BCUT2D eigenvalue weighted by Gasteiger charge is 2.44. The van der Waals surface area contributed by atoms with Gasteiger partial charge in [-0.2, -0.15) is 4.98 Å². The highest BCUT2D eigenvalue weighted by atomic mass is 35.5. The van der Waals surface area contributed by atoms with Crippen molar-refractivity contribution in [3.8, 4) is 5.75 Å². The van der Waals surface area contributed by atoms with Crippen LogP contribution in [-0.4, -0.2) is 133 Å². The number of anilines is 6. The van der Waals surface area contributed by atoms with Crippen molar-refractivity contribution in [3.63, 3.8) is 0 Å². The van der Waals surface area contributed by atoms with Gasteiger partial charge in [0.15, 0.2) is 5.82 Å². The molecule has 1 atom stereocenters. The van der Waals surface area contributed by atoms with Gasteiger partial charge in [-0.1, -0.05) is 23.7 Å². The molecule has 5 amide bonds. The number of methoxy groups -OCH3 is 1. The van der Waals surface area contributed by atoms with Crippen molar-refractivity contribution in [3.05, 3.63) is 83.0 Å². The summed E-state index contributed by atoms with van der Waals surface area (Å²) in [7, 11) is -0.929. The molecule has 3 fully saturated rings. The second-order valence-electron chi connectivity index (χ2n) is 17.1. The maximum Gasteiger partial charge on any atom is 0.262 e. The van der Waals surface area contributed by atoms with E-state index in [1.54, 1.807) is 38.6 Å². The number of aromatic nitrogens is 2. The van der Waals surface area contributed by atoms with E-state index in [-0.39, 0.29) is 29.9 Å². The molecule has 4 aliphatic heterocycles. The minimum absolute atomic E-state index is 0.0686. The van der Waals surface area contributed by atoms with Crippen LogP contribution >= 0.6 is 18.7 Å². The zero-order chi connectivity index (χ0) is 45.8. The van der Waals surface area contributed by atoms with Crippen LogP contribution in [-0.2, 0) is 18.9 Å². The van der Waals surface area contributed by atoms with Crippen molar-refractivity contribution in [2.75, 3.05) is 87.1 Å². The Morgan fingerprint density at radius 1 is 0.877 bits per heavy atom. The van der Waals surface area contributed by atoms with Gasteiger partial charge in [0.1, 0.15) is 24.0 Å². The first kappa shape index (κ1) is 45.5. The first-order valence-corrected chi connectivity index (χ1v) is 25.0. The molecule has 0 aliphatic carbocycles. The van der Waals surface area contributed by atoms with E-state index < -0.39 is 36.8 Å². The van der Waals surface area contributed by atoms with Crippen LogP contribution in [0.5, 0.6) is 5.75 Å². The van der Waals surface area contributed by atoms with Crippen LogP contribution in [0.3, 0.4) is 0 Å². The molecule has 4 N–H and O–H groups in total. The molecule has 3 saturated heterocycles. The minimum atomic E-state index is -2.56. The van der Waals surface area contributed by atoms with Crippen molar-refractivity contribution in [2.45, 2.75) is 57.0 Å². The third-order valence-electron chi connectivity index (χ3n) is 12.5. The number of amides is 5. The predicted octanol–water partition coefficient (Wildman–Crippen LogP) is 5.67. The summed E-state index contributed by atoms with van der Waals surface area (Å²) in [6.07, 6.45) is 5.64. The van der Waals surface area contributed by atoms with Crippen LogP contribution in [0.2, 0.25) is 5.02 Å². The van der Waals surface area contributed by atoms with Gasteiger partial charge >= 0.3 is 0 Å². The number of carbonyl (C=O) groups is 5. The highest BCUT2D eigenvalue weighted by Crippen LogP contribution is 2.39. The van der Waals surface area contributed by atoms with Crippen LogP contribution in [0.15, 0.2) is 66.9 Å². The van der Waals surface area contributed by atoms with Gasteiger partial charge in [-0.25, -0.2) is 4.98 Å². The molecule has 1 aromatic heterocycles. The number of piperidine rings is 2. The average Bonchev–Trinajstić information content (AvgIpc) is 3.54. The molecular weight excluding hydrogens is 871 g/mol. The fraction of sp³-hybridized carbons (Fsp3) is 0.413. The topological polar surface area (TPSA) is 199 Å². The van der Waals surface area contributed by atoms with E-state index in [0.717, 1.165) is 56.0 Å². The summed E-state index contributed by atoms with van der Waals surface area (Å²) in [5, 5.41) is 13.0. The number of unbranched alkanes of at least 4 members (excludes halogenated alkanes) is 1. The smallest absolute Gasteiger partial charge is 0.262 e. The largest absolute Gasteiger partial charge is 0.494 e. The minimum Gasteiger partial charge on any atom is -0.494 e. The Balaban J connectivity index is 0.755. The summed E-state index contributed by atoms with van der Waals surface area (Å²) in [5.74, 6) is -0.607. The lowest BCUT2D eigenvalue weighted by atomic mass is 10.0. The van der Waals surface area contributed by atoms with Crippen LogP contribution in [0, 0.1) is 0 Å². The van der Waals surface area contributed by atoms with E-state index in [1.807, 2.05) is 41.3 Å². The number of benzene rings is 3. The van der Waals surface area contributed by atoms with Gasteiger partial charge in [0.25, 0.3) is 11.8 Å². The monoisotopic (exact) mass is 924 g/mol. The lowest BCUT2D eigenvalue weighted by Crippen LogP contribution is -2.54. The number of fused-ring (bicyclic) bond motifs is 1. The fourth-order valence-corrected chi connectivity index (χ4v) is 10.3. The van der Waals surface area contributed by atoms with Crippen molar-refractivity contribution >= 4 is 88.1 Å². The molecule has 4 aliphatic rings. The van der Waals surface area contributed by atoms with Gasteiger partial charge < -0.3 is 35.1 Å². The van der Waals surface area contributed by atoms with Crippen LogP contribution in [0.25, 0.3) is 0 Å². The molecule has 17 nitrogen and oxygen atoms in total. The zero-order valence-electron chi connectivity index (χ0n) is 36.8. The third kappa shape index (κ3) is 10.3. The first-order chi connectivity index (χ1) is 31.3. The number of nitrogens with one attached hydrogen (secondary N) is 4. The third-order valence-corrected chi connectivity index (χ3v) is 14.3. The van der Waals surface area contributed by atoms with Gasteiger partial charge in [-0.3, -0.25) is 39.1 Å². The summed E-state index contributed by atoms with van der Waals surface area (Å²) in [4.78, 5) is 80.1. The molecule has 5 heterocycles. The number of piperazine rings is 1. The number of hydrogen-bond donors (Lipinski definition) is 4. The van der Waals surface area contributed by atoms with Gasteiger partial charge in [-0.15, -0.1) is 0 Å². The number of halogens is 1. The Morgan fingerprint density at radius 2 is 1.63 bits per heavy atom. The lowest BCUT2D eigenvalue weighted by molar-refractivity contribution is -0.136. The quantitative estimate of drug-likeness (QED) is 0.0646. The normalized spacial score (nSPS) is 18.4. The van der Waals surface area contributed by atoms with Gasteiger partial charge in [-0.05, 0) is 87.9 Å². The number of nitrogens with zero attached hydrogens (tertiary/aromatic N) is 6. The number of rotatable bonds is 15. The molecule has 19 heteroatoms. The second kappa shape index (κ2) is 19.6. The molecule has 342 valence electrons. The van der Waals surface area contributed by atoms with E-state index in [4.69, 9.17) is 16.3 Å². The second-order valence-corrected chi connectivity index (χ2v) is 20.7. The predicted molar refractivity (Wildman–Crippen MR) is 251 cm³/mol. The van der Waals surface area contributed by atoms with Gasteiger partial charge in [0.05, 0.1) is 35.8 Å². The Bertz CT molecular complexity index is 2540. The van der Waals surface area contributed by atoms with Gasteiger partial charge in [0.2, 0.25) is 23.7 Å². The highest BCUT2D eigenvalue weighted by molar-refractivity contribution is 7.70. The van der Waals surface area contributed by atoms with Crippen LogP contribution in [0.4, 0.5) is 34.5 Å². The Morgan fingerprint density at radius 3 is 2.37 bits per heavy atom. The molecule has 0 spiro atoms. The maximum absolute atomic E-state index is 13.2.